The van der Waals surface area contributed by atoms with Crippen LogP contribution in [0.1, 0.15) is 36.3 Å². The SMILES string of the molecule is Cc1cc(C(=O)N2CCC(C)(C)C2)cc(NN)n1. The Morgan fingerprint density at radius 1 is 1.50 bits per heavy atom. The number of aromatic nitrogens is 1. The van der Waals surface area contributed by atoms with E-state index < -0.39 is 0 Å². The van der Waals surface area contributed by atoms with Crippen LogP contribution in [0.5, 0.6) is 0 Å². The molecule has 0 saturated carbocycles. The lowest BCUT2D eigenvalue weighted by Gasteiger charge is -2.20. The minimum atomic E-state index is 0.0579. The molecule has 5 heteroatoms. The van der Waals surface area contributed by atoms with Crippen LogP contribution in [0.15, 0.2) is 12.1 Å². The van der Waals surface area contributed by atoms with Crippen LogP contribution in [0.2, 0.25) is 0 Å². The molecule has 1 aliphatic rings. The molecule has 5 nitrogen and oxygen atoms in total. The standard InChI is InChI=1S/C13H20N4O/c1-9-6-10(7-11(15-9)16-14)12(18)17-5-4-13(2,3)8-17/h6-7H,4-5,8,14H2,1-3H3,(H,15,16). The van der Waals surface area contributed by atoms with Gasteiger partial charge in [0.25, 0.3) is 5.91 Å². The molecule has 1 fully saturated rings. The number of amides is 1. The summed E-state index contributed by atoms with van der Waals surface area (Å²) in [4.78, 5) is 18.5. The number of nitrogens with one attached hydrogen (secondary N) is 1. The number of nitrogens with two attached hydrogens (primary N) is 1. The smallest absolute Gasteiger partial charge is 0.254 e. The molecule has 98 valence electrons. The van der Waals surface area contributed by atoms with E-state index in [0.29, 0.717) is 11.4 Å². The number of pyridine rings is 1. The maximum atomic E-state index is 12.4. The maximum Gasteiger partial charge on any atom is 0.254 e. The highest BCUT2D eigenvalue weighted by Crippen LogP contribution is 2.29. The monoisotopic (exact) mass is 248 g/mol. The van der Waals surface area contributed by atoms with E-state index in [1.807, 2.05) is 11.8 Å². The topological polar surface area (TPSA) is 71.2 Å². The number of rotatable bonds is 2. The van der Waals surface area contributed by atoms with Crippen molar-refractivity contribution in [3.8, 4) is 0 Å². The Morgan fingerprint density at radius 3 is 2.78 bits per heavy atom. The lowest BCUT2D eigenvalue weighted by molar-refractivity contribution is 0.0778. The molecule has 1 aromatic rings. The van der Waals surface area contributed by atoms with Gasteiger partial charge in [0.2, 0.25) is 0 Å². The van der Waals surface area contributed by atoms with Crippen LogP contribution in [0.4, 0.5) is 5.82 Å². The fourth-order valence-electron chi connectivity index (χ4n) is 2.33. The van der Waals surface area contributed by atoms with Crippen molar-refractivity contribution < 1.29 is 4.79 Å². The Kier molecular flexibility index (Phi) is 3.26. The Hall–Kier alpha value is -1.62. The Bertz CT molecular complexity index is 470. The summed E-state index contributed by atoms with van der Waals surface area (Å²) in [6, 6.07) is 3.50. The van der Waals surface area contributed by atoms with E-state index in [-0.39, 0.29) is 11.3 Å². The van der Waals surface area contributed by atoms with Gasteiger partial charge < -0.3 is 10.3 Å². The lowest BCUT2D eigenvalue weighted by atomic mass is 9.93. The lowest BCUT2D eigenvalue weighted by Crippen LogP contribution is -2.30. The summed E-state index contributed by atoms with van der Waals surface area (Å²) in [6.07, 6.45) is 1.05. The largest absolute Gasteiger partial charge is 0.338 e. The molecule has 0 aromatic carbocycles. The second kappa shape index (κ2) is 4.57. The van der Waals surface area contributed by atoms with Crippen molar-refractivity contribution in [1.29, 1.82) is 0 Å². The first kappa shape index (κ1) is 12.8. The molecule has 0 atom stereocenters. The molecule has 1 saturated heterocycles. The van der Waals surface area contributed by atoms with E-state index in [4.69, 9.17) is 5.84 Å². The average molecular weight is 248 g/mol. The predicted molar refractivity (Wildman–Crippen MR) is 71.1 cm³/mol. The van der Waals surface area contributed by atoms with Crippen molar-refractivity contribution in [1.82, 2.24) is 9.88 Å². The predicted octanol–water partition coefficient (Wildman–Crippen LogP) is 1.55. The van der Waals surface area contributed by atoms with Crippen molar-refractivity contribution in [2.45, 2.75) is 27.2 Å². The number of hydrogen-bond acceptors (Lipinski definition) is 4. The molecule has 1 aromatic heterocycles. The number of nitrogens with zero attached hydrogens (tertiary/aromatic N) is 2. The molecule has 0 bridgehead atoms. The third kappa shape index (κ3) is 2.61. The van der Waals surface area contributed by atoms with Gasteiger partial charge in [-0.15, -0.1) is 0 Å². The first-order valence-electron chi connectivity index (χ1n) is 6.16. The average Bonchev–Trinajstić information content (AvgIpc) is 2.67. The first-order chi connectivity index (χ1) is 8.41. The Morgan fingerprint density at radius 2 is 2.22 bits per heavy atom. The zero-order valence-corrected chi connectivity index (χ0v) is 11.2. The Labute approximate surface area is 107 Å². The van der Waals surface area contributed by atoms with Crippen LogP contribution >= 0.6 is 0 Å². The summed E-state index contributed by atoms with van der Waals surface area (Å²) in [6.45, 7) is 7.85. The molecule has 0 radical (unpaired) electrons. The summed E-state index contributed by atoms with van der Waals surface area (Å²) in [5.74, 6) is 5.93. The zero-order valence-electron chi connectivity index (χ0n) is 11.2. The zero-order chi connectivity index (χ0) is 13.3. The fourth-order valence-corrected chi connectivity index (χ4v) is 2.33. The van der Waals surface area contributed by atoms with E-state index >= 15 is 0 Å². The third-order valence-electron chi connectivity index (χ3n) is 3.31. The molecule has 2 heterocycles. The first-order valence-corrected chi connectivity index (χ1v) is 6.16. The van der Waals surface area contributed by atoms with Crippen molar-refractivity contribution in [2.75, 3.05) is 18.5 Å². The van der Waals surface area contributed by atoms with Gasteiger partial charge >= 0.3 is 0 Å². The second-order valence-electron chi connectivity index (χ2n) is 5.67. The number of hydrazine groups is 1. The molecular formula is C13H20N4O. The number of likely N-dealkylation sites (tertiary alicyclic amines) is 1. The molecule has 0 unspecified atom stereocenters. The molecule has 0 aliphatic carbocycles. The highest BCUT2D eigenvalue weighted by molar-refractivity contribution is 5.95. The van der Waals surface area contributed by atoms with Gasteiger partial charge in [-0.25, -0.2) is 10.8 Å². The van der Waals surface area contributed by atoms with Crippen molar-refractivity contribution in [3.63, 3.8) is 0 Å². The van der Waals surface area contributed by atoms with E-state index in [1.165, 1.54) is 0 Å². The molecular weight excluding hydrogens is 228 g/mol. The number of nitrogen functional groups attached to an aromatic ring is 1. The normalized spacial score (nSPS) is 17.9. The quantitative estimate of drug-likeness (QED) is 0.615. The van der Waals surface area contributed by atoms with Crippen molar-refractivity contribution in [2.24, 2.45) is 11.3 Å². The van der Waals surface area contributed by atoms with E-state index in [1.54, 1.807) is 12.1 Å². The van der Waals surface area contributed by atoms with E-state index in [2.05, 4.69) is 24.3 Å². The number of anilines is 1. The summed E-state index contributed by atoms with van der Waals surface area (Å²) in [5.41, 5.74) is 4.13. The van der Waals surface area contributed by atoms with Crippen LogP contribution < -0.4 is 11.3 Å². The van der Waals surface area contributed by atoms with Gasteiger partial charge in [0, 0.05) is 24.3 Å². The van der Waals surface area contributed by atoms with Crippen LogP contribution in [-0.4, -0.2) is 28.9 Å². The Balaban J connectivity index is 2.21. The van der Waals surface area contributed by atoms with Gasteiger partial charge in [0.1, 0.15) is 5.82 Å². The molecule has 2 rings (SSSR count). The third-order valence-corrected chi connectivity index (χ3v) is 3.31. The number of carbonyl (C=O) groups excluding carboxylic acids is 1. The van der Waals surface area contributed by atoms with Gasteiger partial charge in [0.05, 0.1) is 0 Å². The maximum absolute atomic E-state index is 12.4. The summed E-state index contributed by atoms with van der Waals surface area (Å²) < 4.78 is 0. The van der Waals surface area contributed by atoms with Crippen LogP contribution in [0.3, 0.4) is 0 Å². The minimum absolute atomic E-state index is 0.0579. The van der Waals surface area contributed by atoms with Gasteiger partial charge in [-0.3, -0.25) is 4.79 Å². The molecule has 3 N–H and O–H groups in total. The van der Waals surface area contributed by atoms with Gasteiger partial charge in [0.15, 0.2) is 0 Å². The summed E-state index contributed by atoms with van der Waals surface area (Å²) in [7, 11) is 0. The number of hydrogen-bond donors (Lipinski definition) is 2. The van der Waals surface area contributed by atoms with Crippen LogP contribution in [0, 0.1) is 12.3 Å². The van der Waals surface area contributed by atoms with Crippen LogP contribution in [-0.2, 0) is 0 Å². The van der Waals surface area contributed by atoms with Crippen molar-refractivity contribution >= 4 is 11.7 Å². The molecule has 0 spiro atoms. The second-order valence-corrected chi connectivity index (χ2v) is 5.67. The van der Waals surface area contributed by atoms with E-state index in [0.717, 1.165) is 25.2 Å². The highest BCUT2D eigenvalue weighted by atomic mass is 16.2. The van der Waals surface area contributed by atoms with Gasteiger partial charge in [-0.1, -0.05) is 13.8 Å². The van der Waals surface area contributed by atoms with E-state index in [9.17, 15) is 4.79 Å². The highest BCUT2D eigenvalue weighted by Gasteiger charge is 2.32. The summed E-state index contributed by atoms with van der Waals surface area (Å²) in [5, 5.41) is 0. The molecule has 1 aliphatic heterocycles. The number of carbonyl (C=O) groups is 1. The summed E-state index contributed by atoms with van der Waals surface area (Å²) >= 11 is 0. The van der Waals surface area contributed by atoms with Crippen molar-refractivity contribution in [3.05, 3.63) is 23.4 Å². The molecule has 18 heavy (non-hydrogen) atoms. The van der Waals surface area contributed by atoms with Gasteiger partial charge in [-0.05, 0) is 30.9 Å². The van der Waals surface area contributed by atoms with Gasteiger partial charge in [-0.2, -0.15) is 0 Å². The number of aryl methyl sites for hydroxylation is 1. The molecule has 1 amide bonds. The minimum Gasteiger partial charge on any atom is -0.338 e. The fraction of sp³-hybridized carbons (Fsp3) is 0.538. The van der Waals surface area contributed by atoms with Crippen LogP contribution in [0.25, 0.3) is 0 Å².